The van der Waals surface area contributed by atoms with E-state index in [-0.39, 0.29) is 5.92 Å². The van der Waals surface area contributed by atoms with Crippen molar-refractivity contribution in [1.29, 1.82) is 0 Å². The van der Waals surface area contributed by atoms with Gasteiger partial charge in [-0.2, -0.15) is 0 Å². The lowest BCUT2D eigenvalue weighted by Gasteiger charge is -2.42. The first-order valence-corrected chi connectivity index (χ1v) is 10.1. The molecule has 156 valence electrons. The molecular formula is C22H27F5O. The molecule has 0 saturated heterocycles. The Morgan fingerprint density at radius 1 is 1.00 bits per heavy atom. The van der Waals surface area contributed by atoms with Crippen molar-refractivity contribution in [2.45, 2.75) is 70.6 Å². The van der Waals surface area contributed by atoms with Crippen molar-refractivity contribution in [3.05, 3.63) is 41.5 Å². The third-order valence-electron chi connectivity index (χ3n) is 6.41. The maximum Gasteiger partial charge on any atom is 0.573 e. The highest BCUT2D eigenvalue weighted by Crippen LogP contribution is 2.48. The zero-order valence-corrected chi connectivity index (χ0v) is 16.1. The number of hydrogen-bond donors (Lipinski definition) is 0. The first-order valence-electron chi connectivity index (χ1n) is 10.1. The van der Waals surface area contributed by atoms with E-state index >= 15 is 0 Å². The molecule has 3 rings (SSSR count). The van der Waals surface area contributed by atoms with Crippen LogP contribution in [0.1, 0.15) is 69.8 Å². The summed E-state index contributed by atoms with van der Waals surface area (Å²) in [6.45, 7) is 2.03. The lowest BCUT2D eigenvalue weighted by molar-refractivity contribution is -0.276. The van der Waals surface area contributed by atoms with Gasteiger partial charge in [-0.1, -0.05) is 18.6 Å². The molecule has 0 heterocycles. The van der Waals surface area contributed by atoms with Gasteiger partial charge in [0.05, 0.1) is 0 Å². The molecule has 0 N–H and O–H groups in total. The van der Waals surface area contributed by atoms with Crippen molar-refractivity contribution in [2.75, 3.05) is 0 Å². The standard InChI is InChI=1S/C22H27F5O/c1-2-3-4-5-14-6-7-16-11-17(9-8-15(16)10-14)18-12-19(23)21(20(24)13-18)28-22(25,26)27/h2-3,12-17H,4-11H2,1H3. The predicted molar refractivity (Wildman–Crippen MR) is 98.0 cm³/mol. The minimum atomic E-state index is -5.12. The van der Waals surface area contributed by atoms with E-state index in [1.165, 1.54) is 19.3 Å². The number of rotatable bonds is 5. The van der Waals surface area contributed by atoms with Crippen molar-refractivity contribution in [3.63, 3.8) is 0 Å². The summed E-state index contributed by atoms with van der Waals surface area (Å²) in [5.74, 6) is -2.01. The third kappa shape index (κ3) is 5.26. The van der Waals surface area contributed by atoms with Gasteiger partial charge in [-0.15, -0.1) is 13.2 Å². The second-order valence-corrected chi connectivity index (χ2v) is 8.22. The molecule has 6 heteroatoms. The average Bonchev–Trinajstić information content (AvgIpc) is 2.63. The molecule has 1 nitrogen and oxygen atoms in total. The highest BCUT2D eigenvalue weighted by molar-refractivity contribution is 5.33. The average molecular weight is 402 g/mol. The summed E-state index contributed by atoms with van der Waals surface area (Å²) >= 11 is 0. The quantitative estimate of drug-likeness (QED) is 0.366. The zero-order chi connectivity index (χ0) is 20.3. The van der Waals surface area contributed by atoms with Crippen LogP contribution in [0.15, 0.2) is 24.3 Å². The summed E-state index contributed by atoms with van der Waals surface area (Å²) in [4.78, 5) is 0. The zero-order valence-electron chi connectivity index (χ0n) is 16.1. The summed E-state index contributed by atoms with van der Waals surface area (Å²) in [7, 11) is 0. The van der Waals surface area contributed by atoms with E-state index < -0.39 is 23.7 Å². The van der Waals surface area contributed by atoms with Gasteiger partial charge in [-0.05, 0) is 93.2 Å². The van der Waals surface area contributed by atoms with E-state index in [2.05, 4.69) is 16.9 Å². The molecule has 2 aliphatic rings. The van der Waals surface area contributed by atoms with Gasteiger partial charge in [-0.25, -0.2) is 8.78 Å². The van der Waals surface area contributed by atoms with Crippen LogP contribution in [0.25, 0.3) is 0 Å². The Balaban J connectivity index is 1.63. The number of alkyl halides is 3. The second kappa shape index (κ2) is 8.83. The third-order valence-corrected chi connectivity index (χ3v) is 6.41. The van der Waals surface area contributed by atoms with Crippen LogP contribution in [0, 0.1) is 29.4 Å². The number of benzene rings is 1. The molecule has 1 aromatic rings. The highest BCUT2D eigenvalue weighted by Gasteiger charge is 2.37. The van der Waals surface area contributed by atoms with Gasteiger partial charge >= 0.3 is 6.36 Å². The lowest BCUT2D eigenvalue weighted by Crippen LogP contribution is -2.30. The Labute approximate surface area is 163 Å². The molecule has 1 aromatic carbocycles. The van der Waals surface area contributed by atoms with Crippen molar-refractivity contribution in [3.8, 4) is 5.75 Å². The molecule has 2 fully saturated rings. The Kier molecular flexibility index (Phi) is 6.66. The summed E-state index contributed by atoms with van der Waals surface area (Å²) < 4.78 is 68.5. The first kappa shape index (κ1) is 21.1. The summed E-state index contributed by atoms with van der Waals surface area (Å²) in [6, 6.07) is 2.02. The summed E-state index contributed by atoms with van der Waals surface area (Å²) in [6.07, 6.45) is 7.72. The van der Waals surface area contributed by atoms with Crippen molar-refractivity contribution in [1.82, 2.24) is 0 Å². The molecule has 0 radical (unpaired) electrons. The minimum Gasteiger partial charge on any atom is -0.399 e. The number of allylic oxidation sites excluding steroid dienone is 2. The van der Waals surface area contributed by atoms with Crippen LogP contribution in [0.2, 0.25) is 0 Å². The van der Waals surface area contributed by atoms with Crippen LogP contribution in [0.5, 0.6) is 5.75 Å². The molecule has 0 aliphatic heterocycles. The Morgan fingerprint density at radius 2 is 1.64 bits per heavy atom. The van der Waals surface area contributed by atoms with E-state index in [1.807, 2.05) is 6.92 Å². The van der Waals surface area contributed by atoms with Crippen LogP contribution in [-0.2, 0) is 0 Å². The van der Waals surface area contributed by atoms with E-state index in [4.69, 9.17) is 0 Å². The maximum atomic E-state index is 14.1. The fourth-order valence-electron chi connectivity index (χ4n) is 5.08. The Bertz CT molecular complexity index is 674. The SMILES string of the molecule is CC=CCCC1CCC2CC(c3cc(F)c(OC(F)(F)F)c(F)c3)CCC2C1. The largest absolute Gasteiger partial charge is 0.573 e. The number of ether oxygens (including phenoxy) is 1. The van der Waals surface area contributed by atoms with E-state index in [9.17, 15) is 22.0 Å². The fourth-order valence-corrected chi connectivity index (χ4v) is 5.08. The topological polar surface area (TPSA) is 9.23 Å². The van der Waals surface area contributed by atoms with Crippen molar-refractivity contribution in [2.24, 2.45) is 17.8 Å². The molecule has 0 bridgehead atoms. The summed E-state index contributed by atoms with van der Waals surface area (Å²) in [5.41, 5.74) is 0.443. The summed E-state index contributed by atoms with van der Waals surface area (Å²) in [5, 5.41) is 0. The van der Waals surface area contributed by atoms with Gasteiger partial charge in [0.1, 0.15) is 0 Å². The van der Waals surface area contributed by atoms with Gasteiger partial charge in [0.2, 0.25) is 5.75 Å². The van der Waals surface area contributed by atoms with Crippen molar-refractivity contribution >= 4 is 0 Å². The number of halogens is 5. The fraction of sp³-hybridized carbons (Fsp3) is 0.636. The van der Waals surface area contributed by atoms with E-state index in [0.717, 1.165) is 50.2 Å². The van der Waals surface area contributed by atoms with Crippen LogP contribution in [-0.4, -0.2) is 6.36 Å². The van der Waals surface area contributed by atoms with Crippen LogP contribution in [0.3, 0.4) is 0 Å². The van der Waals surface area contributed by atoms with Crippen LogP contribution < -0.4 is 4.74 Å². The molecular weight excluding hydrogens is 375 g/mol. The molecule has 0 spiro atoms. The van der Waals surface area contributed by atoms with Crippen molar-refractivity contribution < 1.29 is 26.7 Å². The van der Waals surface area contributed by atoms with E-state index in [0.29, 0.717) is 17.4 Å². The van der Waals surface area contributed by atoms with E-state index in [1.54, 1.807) is 0 Å². The Hall–Kier alpha value is -1.59. The molecule has 4 unspecified atom stereocenters. The normalized spacial score (nSPS) is 28.4. The van der Waals surface area contributed by atoms with Gasteiger partial charge in [0, 0.05) is 0 Å². The highest BCUT2D eigenvalue weighted by atomic mass is 19.4. The molecule has 2 saturated carbocycles. The second-order valence-electron chi connectivity index (χ2n) is 8.22. The molecule has 2 aliphatic carbocycles. The van der Waals surface area contributed by atoms with Crippen LogP contribution in [0.4, 0.5) is 22.0 Å². The lowest BCUT2D eigenvalue weighted by atomic mass is 9.63. The van der Waals surface area contributed by atoms with Gasteiger partial charge in [-0.3, -0.25) is 0 Å². The first-order chi connectivity index (χ1) is 13.3. The number of fused-ring (bicyclic) bond motifs is 1. The maximum absolute atomic E-state index is 14.1. The minimum absolute atomic E-state index is 0.00948. The Morgan fingerprint density at radius 3 is 2.29 bits per heavy atom. The van der Waals surface area contributed by atoms with Gasteiger partial charge < -0.3 is 4.74 Å². The molecule has 0 aromatic heterocycles. The number of hydrogen-bond acceptors (Lipinski definition) is 1. The van der Waals surface area contributed by atoms with Gasteiger partial charge in [0.15, 0.2) is 11.6 Å². The smallest absolute Gasteiger partial charge is 0.399 e. The van der Waals surface area contributed by atoms with Gasteiger partial charge in [0.25, 0.3) is 0 Å². The monoisotopic (exact) mass is 402 g/mol. The van der Waals surface area contributed by atoms with Crippen LogP contribution >= 0.6 is 0 Å². The molecule has 4 atom stereocenters. The molecule has 0 amide bonds. The predicted octanol–water partition coefficient (Wildman–Crippen LogP) is 7.52. The molecule has 28 heavy (non-hydrogen) atoms.